The van der Waals surface area contributed by atoms with Crippen LogP contribution >= 0.6 is 0 Å². The number of aromatic nitrogens is 2. The molecule has 4 aliphatic rings. The summed E-state index contributed by atoms with van der Waals surface area (Å²) in [5.41, 5.74) is 2.46. The highest BCUT2D eigenvalue weighted by molar-refractivity contribution is 5.94. The standard InChI is InChI=1S/C23H24N6O4/c24-9-17-16-6-13(5-14(16)3-4-25-17)10-26-15-7-23(8-15)12-29(22(31)33-23)19-2-1-18-21(27-19)28-20(30)11-32-18/h1-4,13,15,22,26,31H,5-8,10-12H2,(H,27,28,30)/t13?,15-,22?,23+. The maximum atomic E-state index is 11.6. The third kappa shape index (κ3) is 3.58. The van der Waals surface area contributed by atoms with Gasteiger partial charge in [0, 0.05) is 12.2 Å². The SMILES string of the molecule is N#Cc1nccc2c1CC(CN[C@H]1C[C@]3(CN(c4ccc5c(n4)NC(=O)CO5)C(O)O3)C1)C2. The molecule has 1 saturated carbocycles. The van der Waals surface area contributed by atoms with Crippen molar-refractivity contribution < 1.29 is 19.4 Å². The number of rotatable bonds is 4. The van der Waals surface area contributed by atoms with Crippen LogP contribution in [0.3, 0.4) is 0 Å². The van der Waals surface area contributed by atoms with E-state index in [9.17, 15) is 15.2 Å². The van der Waals surface area contributed by atoms with E-state index in [0.29, 0.717) is 41.6 Å². The summed E-state index contributed by atoms with van der Waals surface area (Å²) in [5.74, 6) is 1.61. The number of nitriles is 1. The van der Waals surface area contributed by atoms with Crippen molar-refractivity contribution in [2.75, 3.05) is 29.9 Å². The van der Waals surface area contributed by atoms with Crippen LogP contribution in [0.2, 0.25) is 0 Å². The van der Waals surface area contributed by atoms with Crippen LogP contribution < -0.4 is 20.3 Å². The van der Waals surface area contributed by atoms with Gasteiger partial charge in [0.15, 0.2) is 18.2 Å². The van der Waals surface area contributed by atoms with E-state index in [1.165, 1.54) is 5.56 Å². The molecule has 2 aliphatic carbocycles. The fourth-order valence-electron chi connectivity index (χ4n) is 5.43. The summed E-state index contributed by atoms with van der Waals surface area (Å²) in [6, 6.07) is 8.04. The molecule has 6 rings (SSSR count). The van der Waals surface area contributed by atoms with E-state index in [1.807, 2.05) is 6.07 Å². The zero-order chi connectivity index (χ0) is 22.6. The molecule has 10 heteroatoms. The van der Waals surface area contributed by atoms with E-state index in [2.05, 4.69) is 26.7 Å². The van der Waals surface area contributed by atoms with Crippen LogP contribution in [0.25, 0.3) is 0 Å². The lowest BCUT2D eigenvalue weighted by atomic mass is 9.75. The number of nitrogens with one attached hydrogen (secondary N) is 2. The van der Waals surface area contributed by atoms with Crippen molar-refractivity contribution in [3.8, 4) is 11.8 Å². The van der Waals surface area contributed by atoms with E-state index in [-0.39, 0.29) is 12.5 Å². The number of anilines is 2. The highest BCUT2D eigenvalue weighted by atomic mass is 16.7. The molecule has 4 heterocycles. The summed E-state index contributed by atoms with van der Waals surface area (Å²) in [6.45, 7) is 1.38. The fourth-order valence-corrected chi connectivity index (χ4v) is 5.43. The number of ether oxygens (including phenoxy) is 2. The topological polar surface area (TPSA) is 133 Å². The molecule has 33 heavy (non-hydrogen) atoms. The van der Waals surface area contributed by atoms with E-state index >= 15 is 0 Å². The molecule has 2 aromatic rings. The average molecular weight is 448 g/mol. The fraction of sp³-hybridized carbons (Fsp3) is 0.478. The van der Waals surface area contributed by atoms with Gasteiger partial charge in [-0.25, -0.2) is 9.97 Å². The Bertz CT molecular complexity index is 1160. The Balaban J connectivity index is 1.04. The molecular formula is C23H24N6O4. The predicted octanol–water partition coefficient (Wildman–Crippen LogP) is 0.697. The van der Waals surface area contributed by atoms with Crippen molar-refractivity contribution in [3.05, 3.63) is 41.2 Å². The van der Waals surface area contributed by atoms with Crippen LogP contribution in [0.15, 0.2) is 24.4 Å². The number of hydrogen-bond donors (Lipinski definition) is 3. The van der Waals surface area contributed by atoms with Crippen LogP contribution in [0.5, 0.6) is 5.75 Å². The maximum Gasteiger partial charge on any atom is 0.263 e. The molecule has 0 aromatic carbocycles. The molecule has 0 bridgehead atoms. The summed E-state index contributed by atoms with van der Waals surface area (Å²) in [4.78, 5) is 21.9. The van der Waals surface area contributed by atoms with Gasteiger partial charge < -0.3 is 30.1 Å². The van der Waals surface area contributed by atoms with Crippen molar-refractivity contribution in [1.29, 1.82) is 5.26 Å². The molecule has 170 valence electrons. The van der Waals surface area contributed by atoms with Gasteiger partial charge in [0.05, 0.1) is 12.1 Å². The van der Waals surface area contributed by atoms with E-state index in [1.54, 1.807) is 23.2 Å². The minimum Gasteiger partial charge on any atom is -0.480 e. The van der Waals surface area contributed by atoms with Gasteiger partial charge in [-0.2, -0.15) is 5.26 Å². The van der Waals surface area contributed by atoms with Gasteiger partial charge >= 0.3 is 0 Å². The second-order valence-corrected chi connectivity index (χ2v) is 9.30. The number of aliphatic hydroxyl groups excluding tert-OH is 1. The molecule has 1 amide bonds. The second kappa shape index (κ2) is 7.66. The molecule has 10 nitrogen and oxygen atoms in total. The number of nitrogens with zero attached hydrogens (tertiary/aromatic N) is 4. The van der Waals surface area contributed by atoms with Crippen molar-refractivity contribution in [3.63, 3.8) is 0 Å². The molecule has 2 unspecified atom stereocenters. The third-order valence-corrected chi connectivity index (χ3v) is 7.03. The lowest BCUT2D eigenvalue weighted by Gasteiger charge is -2.44. The van der Waals surface area contributed by atoms with Gasteiger partial charge in [-0.1, -0.05) is 0 Å². The summed E-state index contributed by atoms with van der Waals surface area (Å²) in [7, 11) is 0. The molecule has 1 spiro atoms. The molecular weight excluding hydrogens is 424 g/mol. The highest BCUT2D eigenvalue weighted by Gasteiger charge is 2.53. The minimum absolute atomic E-state index is 0.0235. The van der Waals surface area contributed by atoms with Gasteiger partial charge in [0.1, 0.15) is 17.6 Å². The molecule has 0 radical (unpaired) electrons. The Kier molecular flexibility index (Phi) is 4.72. The van der Waals surface area contributed by atoms with Gasteiger partial charge in [-0.3, -0.25) is 4.79 Å². The van der Waals surface area contributed by atoms with Crippen molar-refractivity contribution in [2.45, 2.75) is 43.7 Å². The Morgan fingerprint density at radius 1 is 1.33 bits per heavy atom. The predicted molar refractivity (Wildman–Crippen MR) is 116 cm³/mol. The molecule has 1 saturated heterocycles. The Labute approximate surface area is 190 Å². The normalized spacial score (nSPS) is 29.6. The Hall–Kier alpha value is -3.26. The first-order valence-electron chi connectivity index (χ1n) is 11.2. The largest absolute Gasteiger partial charge is 0.480 e. The van der Waals surface area contributed by atoms with Crippen LogP contribution in [-0.2, 0) is 22.4 Å². The van der Waals surface area contributed by atoms with E-state index in [4.69, 9.17) is 9.47 Å². The Morgan fingerprint density at radius 2 is 2.21 bits per heavy atom. The first-order chi connectivity index (χ1) is 16.0. The zero-order valence-electron chi connectivity index (χ0n) is 18.0. The molecule has 2 aliphatic heterocycles. The van der Waals surface area contributed by atoms with Crippen molar-refractivity contribution in [2.24, 2.45) is 5.92 Å². The highest BCUT2D eigenvalue weighted by Crippen LogP contribution is 2.44. The molecule has 2 atom stereocenters. The smallest absolute Gasteiger partial charge is 0.263 e. The number of hydrogen-bond acceptors (Lipinski definition) is 9. The van der Waals surface area contributed by atoms with Crippen molar-refractivity contribution >= 4 is 17.5 Å². The monoisotopic (exact) mass is 448 g/mol. The summed E-state index contributed by atoms with van der Waals surface area (Å²) < 4.78 is 11.3. The summed E-state index contributed by atoms with van der Waals surface area (Å²) in [5, 5.41) is 26.1. The van der Waals surface area contributed by atoms with Gasteiger partial charge in [0.2, 0.25) is 6.41 Å². The lowest BCUT2D eigenvalue weighted by molar-refractivity contribution is -0.170. The number of fused-ring (bicyclic) bond motifs is 2. The Morgan fingerprint density at radius 3 is 3.06 bits per heavy atom. The van der Waals surface area contributed by atoms with Crippen LogP contribution in [-0.4, -0.2) is 58.7 Å². The first-order valence-corrected chi connectivity index (χ1v) is 11.2. The molecule has 2 aromatic heterocycles. The first kappa shape index (κ1) is 20.4. The van der Waals surface area contributed by atoms with Crippen LogP contribution in [0, 0.1) is 17.2 Å². The molecule has 3 N–H and O–H groups in total. The number of carbonyl (C=O) groups is 1. The third-order valence-electron chi connectivity index (χ3n) is 7.03. The van der Waals surface area contributed by atoms with Gasteiger partial charge in [-0.15, -0.1) is 0 Å². The van der Waals surface area contributed by atoms with Crippen LogP contribution in [0.1, 0.15) is 29.7 Å². The number of pyridine rings is 2. The average Bonchev–Trinajstić information content (AvgIpc) is 3.37. The van der Waals surface area contributed by atoms with E-state index < -0.39 is 12.0 Å². The number of amides is 1. The summed E-state index contributed by atoms with van der Waals surface area (Å²) >= 11 is 0. The zero-order valence-corrected chi connectivity index (χ0v) is 18.0. The summed E-state index contributed by atoms with van der Waals surface area (Å²) in [6.07, 6.45) is 4.08. The lowest BCUT2D eigenvalue weighted by Crippen LogP contribution is -2.56. The number of carbonyl (C=O) groups excluding carboxylic acids is 1. The minimum atomic E-state index is -1.09. The van der Waals surface area contributed by atoms with Crippen molar-refractivity contribution in [1.82, 2.24) is 15.3 Å². The van der Waals surface area contributed by atoms with Crippen LogP contribution in [0.4, 0.5) is 11.6 Å². The van der Waals surface area contributed by atoms with Gasteiger partial charge in [-0.05, 0) is 67.5 Å². The molecule has 2 fully saturated rings. The van der Waals surface area contributed by atoms with Gasteiger partial charge in [0.25, 0.3) is 5.91 Å². The second-order valence-electron chi connectivity index (χ2n) is 9.30. The number of aliphatic hydroxyl groups is 1. The van der Waals surface area contributed by atoms with E-state index in [0.717, 1.165) is 37.8 Å². The maximum absolute atomic E-state index is 11.6. The quantitative estimate of drug-likeness (QED) is 0.618.